The van der Waals surface area contributed by atoms with Crippen molar-refractivity contribution >= 4 is 47.6 Å². The smallest absolute Gasteiger partial charge is 0.306 e. The summed E-state index contributed by atoms with van der Waals surface area (Å²) in [4.78, 5) is 27.8. The van der Waals surface area contributed by atoms with Gasteiger partial charge in [0.15, 0.2) is 0 Å². The Bertz CT molecular complexity index is 1110. The molecule has 0 bridgehead atoms. The molecular weight excluding hydrogens is 478 g/mol. The Morgan fingerprint density at radius 3 is 2.14 bits per heavy atom. The van der Waals surface area contributed by atoms with Crippen LogP contribution >= 0.6 is 23.5 Å². The van der Waals surface area contributed by atoms with Gasteiger partial charge in [-0.1, -0.05) is 60.7 Å². The molecule has 182 valence electrons. The molecule has 3 rings (SSSR count). The monoisotopic (exact) mass is 507 g/mol. The van der Waals surface area contributed by atoms with Crippen LogP contribution in [-0.4, -0.2) is 42.6 Å². The summed E-state index contributed by atoms with van der Waals surface area (Å²) in [5, 5.41) is 0. The van der Waals surface area contributed by atoms with E-state index in [0.717, 1.165) is 28.1 Å². The van der Waals surface area contributed by atoms with E-state index in [1.807, 2.05) is 48.5 Å². The fourth-order valence-corrected chi connectivity index (χ4v) is 5.89. The fourth-order valence-electron chi connectivity index (χ4n) is 3.25. The number of carbonyl (C=O) groups excluding carboxylic acids is 2. The number of thioether (sulfide) groups is 2. The molecule has 3 aromatic rings. The molecule has 7 heteroatoms. The summed E-state index contributed by atoms with van der Waals surface area (Å²) in [5.41, 5.74) is 5.09. The number of methoxy groups -OCH3 is 2. The second-order valence-electron chi connectivity index (χ2n) is 7.54. The zero-order valence-electron chi connectivity index (χ0n) is 19.9. The summed E-state index contributed by atoms with van der Waals surface area (Å²) in [7, 11) is 2.80. The van der Waals surface area contributed by atoms with Gasteiger partial charge < -0.3 is 9.47 Å². The molecule has 0 aliphatic rings. The number of esters is 2. The fraction of sp³-hybridized carbons (Fsp3) is 0.250. The van der Waals surface area contributed by atoms with Crippen LogP contribution in [0.5, 0.6) is 0 Å². The molecule has 0 spiro atoms. The van der Waals surface area contributed by atoms with Gasteiger partial charge in [0.05, 0.1) is 43.0 Å². The number of hydrogen-bond donors (Lipinski definition) is 0. The molecule has 0 saturated heterocycles. The van der Waals surface area contributed by atoms with Gasteiger partial charge in [-0.2, -0.15) is 0 Å². The van der Waals surface area contributed by atoms with Crippen LogP contribution in [-0.2, 0) is 19.1 Å². The summed E-state index contributed by atoms with van der Waals surface area (Å²) in [5.74, 6) is 0.827. The highest BCUT2D eigenvalue weighted by Crippen LogP contribution is 2.40. The molecule has 2 aromatic carbocycles. The van der Waals surface area contributed by atoms with E-state index in [9.17, 15) is 9.59 Å². The van der Waals surface area contributed by atoms with Gasteiger partial charge in [0.1, 0.15) is 0 Å². The van der Waals surface area contributed by atoms with Gasteiger partial charge in [0.25, 0.3) is 0 Å². The normalized spacial score (nSPS) is 11.1. The summed E-state index contributed by atoms with van der Waals surface area (Å²) >= 11 is 3.35. The maximum atomic E-state index is 11.5. The van der Waals surface area contributed by atoms with Crippen LogP contribution in [0, 0.1) is 0 Å². The summed E-state index contributed by atoms with van der Waals surface area (Å²) in [6.07, 6.45) is 4.75. The van der Waals surface area contributed by atoms with Crippen LogP contribution in [0.1, 0.15) is 34.2 Å². The number of nitrogens with zero attached hydrogens (tertiary/aromatic N) is 1. The second kappa shape index (κ2) is 14.4. The molecule has 0 atom stereocenters. The minimum atomic E-state index is -0.224. The third-order valence-corrected chi connectivity index (χ3v) is 7.92. The maximum absolute atomic E-state index is 11.5. The Kier molecular flexibility index (Phi) is 10.9. The molecule has 5 nitrogen and oxygen atoms in total. The summed E-state index contributed by atoms with van der Waals surface area (Å²) in [6, 6.07) is 24.4. The van der Waals surface area contributed by atoms with Gasteiger partial charge in [-0.05, 0) is 35.4 Å². The number of ether oxygens (including phenoxy) is 2. The van der Waals surface area contributed by atoms with E-state index in [4.69, 9.17) is 14.5 Å². The van der Waals surface area contributed by atoms with Gasteiger partial charge in [0, 0.05) is 17.1 Å². The van der Waals surface area contributed by atoms with Crippen molar-refractivity contribution in [1.29, 1.82) is 0 Å². The molecule has 0 amide bonds. The van der Waals surface area contributed by atoms with Gasteiger partial charge in [-0.15, -0.1) is 23.5 Å². The van der Waals surface area contributed by atoms with Crippen molar-refractivity contribution in [3.8, 4) is 11.3 Å². The lowest BCUT2D eigenvalue weighted by Gasteiger charge is -2.17. The first-order valence-corrected chi connectivity index (χ1v) is 13.4. The average Bonchev–Trinajstić information content (AvgIpc) is 2.91. The first-order valence-electron chi connectivity index (χ1n) is 11.3. The Morgan fingerprint density at radius 2 is 1.49 bits per heavy atom. The van der Waals surface area contributed by atoms with E-state index in [-0.39, 0.29) is 16.5 Å². The Labute approximate surface area is 215 Å². The van der Waals surface area contributed by atoms with Crippen LogP contribution in [0.4, 0.5) is 0 Å². The number of benzene rings is 2. The average molecular weight is 508 g/mol. The molecular formula is C28H29NO4S2. The van der Waals surface area contributed by atoms with Gasteiger partial charge in [-0.3, -0.25) is 9.59 Å². The van der Waals surface area contributed by atoms with E-state index in [1.165, 1.54) is 14.2 Å². The molecule has 0 saturated carbocycles. The zero-order chi connectivity index (χ0) is 24.9. The Balaban J connectivity index is 1.72. The van der Waals surface area contributed by atoms with Crippen molar-refractivity contribution in [3.63, 3.8) is 0 Å². The van der Waals surface area contributed by atoms with Crippen LogP contribution < -0.4 is 0 Å². The molecule has 0 unspecified atom stereocenters. The molecule has 1 heterocycles. The summed E-state index contributed by atoms with van der Waals surface area (Å²) in [6.45, 7) is 0. The van der Waals surface area contributed by atoms with Crippen LogP contribution in [0.25, 0.3) is 23.4 Å². The third kappa shape index (κ3) is 8.92. The molecule has 0 fully saturated rings. The largest absolute Gasteiger partial charge is 0.469 e. The Morgan fingerprint density at radius 1 is 0.829 bits per heavy atom. The standard InChI is InChI=1S/C28H29NO4S2/c1-32-26(30)16-18-34-28(35-19-17-27(31)33-2)23-11-6-8-21(20-23)14-15-24-12-7-13-25(29-24)22-9-4-3-5-10-22/h3-15,20,28H,16-19H2,1-2H3. The van der Waals surface area contributed by atoms with E-state index >= 15 is 0 Å². The van der Waals surface area contributed by atoms with Crippen molar-refractivity contribution in [2.45, 2.75) is 17.4 Å². The molecule has 0 radical (unpaired) electrons. The van der Waals surface area contributed by atoms with Gasteiger partial charge >= 0.3 is 11.9 Å². The number of pyridine rings is 1. The third-order valence-electron chi connectivity index (χ3n) is 5.08. The van der Waals surface area contributed by atoms with Crippen molar-refractivity contribution in [3.05, 3.63) is 89.6 Å². The highest BCUT2D eigenvalue weighted by Gasteiger charge is 2.15. The van der Waals surface area contributed by atoms with Crippen molar-refractivity contribution in [2.75, 3.05) is 25.7 Å². The molecule has 0 aliphatic heterocycles. The van der Waals surface area contributed by atoms with Crippen LogP contribution in [0.3, 0.4) is 0 Å². The number of aromatic nitrogens is 1. The van der Waals surface area contributed by atoms with E-state index in [2.05, 4.69) is 36.4 Å². The quantitative estimate of drug-likeness (QED) is 0.204. The lowest BCUT2D eigenvalue weighted by molar-refractivity contribution is -0.140. The lowest BCUT2D eigenvalue weighted by Crippen LogP contribution is -2.04. The van der Waals surface area contributed by atoms with Crippen LogP contribution in [0.15, 0.2) is 72.8 Å². The second-order valence-corrected chi connectivity index (χ2v) is 10.3. The highest BCUT2D eigenvalue weighted by molar-refractivity contribution is 8.16. The number of hydrogen-bond acceptors (Lipinski definition) is 7. The van der Waals surface area contributed by atoms with E-state index in [0.29, 0.717) is 24.3 Å². The van der Waals surface area contributed by atoms with Crippen molar-refractivity contribution in [2.24, 2.45) is 0 Å². The van der Waals surface area contributed by atoms with E-state index < -0.39 is 0 Å². The zero-order valence-corrected chi connectivity index (χ0v) is 21.5. The molecule has 0 N–H and O–H groups in total. The minimum Gasteiger partial charge on any atom is -0.469 e. The Hall–Kier alpha value is -3.03. The maximum Gasteiger partial charge on any atom is 0.306 e. The highest BCUT2D eigenvalue weighted by atomic mass is 32.2. The van der Waals surface area contributed by atoms with Crippen molar-refractivity contribution in [1.82, 2.24) is 4.98 Å². The number of rotatable bonds is 12. The molecule has 1 aromatic heterocycles. The molecule has 35 heavy (non-hydrogen) atoms. The SMILES string of the molecule is COC(=O)CCSC(SCCC(=O)OC)c1cccc(C=Cc2cccc(-c3ccccc3)n2)c1. The van der Waals surface area contributed by atoms with E-state index in [1.54, 1.807) is 23.5 Å². The predicted molar refractivity (Wildman–Crippen MR) is 146 cm³/mol. The number of carbonyl (C=O) groups is 2. The minimum absolute atomic E-state index is 0.0807. The molecule has 0 aliphatic carbocycles. The van der Waals surface area contributed by atoms with Crippen molar-refractivity contribution < 1.29 is 19.1 Å². The van der Waals surface area contributed by atoms with Gasteiger partial charge in [-0.25, -0.2) is 4.98 Å². The first-order chi connectivity index (χ1) is 17.1. The topological polar surface area (TPSA) is 65.5 Å². The summed E-state index contributed by atoms with van der Waals surface area (Å²) < 4.78 is 9.60. The van der Waals surface area contributed by atoms with Crippen LogP contribution in [0.2, 0.25) is 0 Å². The predicted octanol–water partition coefficient (Wildman–Crippen LogP) is 6.51. The first kappa shape index (κ1) is 26.6. The van der Waals surface area contributed by atoms with Gasteiger partial charge in [0.2, 0.25) is 0 Å². The lowest BCUT2D eigenvalue weighted by atomic mass is 10.1.